The Kier molecular flexibility index (Phi) is 7.84. The Morgan fingerprint density at radius 3 is 2.17 bits per heavy atom. The zero-order chi connectivity index (χ0) is 21.7. The van der Waals surface area contributed by atoms with E-state index in [4.69, 9.17) is 9.46 Å². The van der Waals surface area contributed by atoms with Gasteiger partial charge in [0.1, 0.15) is 5.41 Å². The van der Waals surface area contributed by atoms with Crippen LogP contribution in [-0.4, -0.2) is 30.9 Å². The minimum Gasteiger partial charge on any atom is -0.298 e. The van der Waals surface area contributed by atoms with Crippen LogP contribution in [-0.2, 0) is 24.5 Å². The third-order valence-corrected chi connectivity index (χ3v) is 10.6. The Labute approximate surface area is 173 Å². The number of Topliss-reactive ketones (excluding diaryl/α,β-unsaturated/α-hetero) is 2. The van der Waals surface area contributed by atoms with Crippen molar-refractivity contribution in [3.8, 4) is 0 Å². The van der Waals surface area contributed by atoms with Crippen molar-refractivity contribution in [1.82, 2.24) is 0 Å². The number of rotatable bonds is 10. The maximum absolute atomic E-state index is 13.1. The SMILES string of the molecule is CC[Si](CC)(CC)OOC(C)CC1(c2ccccc2[N+](=O)[O-])C(=O)CCCC1=O. The van der Waals surface area contributed by atoms with Crippen LogP contribution < -0.4 is 0 Å². The van der Waals surface area contributed by atoms with E-state index in [1.807, 2.05) is 0 Å². The molecule has 0 radical (unpaired) electrons. The van der Waals surface area contributed by atoms with E-state index in [0.717, 1.165) is 18.1 Å². The van der Waals surface area contributed by atoms with E-state index >= 15 is 0 Å². The molecule has 1 aliphatic rings. The molecule has 1 aliphatic carbocycles. The number of nitro groups is 1. The summed E-state index contributed by atoms with van der Waals surface area (Å²) < 4.78 is 5.89. The Morgan fingerprint density at radius 1 is 1.10 bits per heavy atom. The first-order chi connectivity index (χ1) is 13.8. The van der Waals surface area contributed by atoms with Crippen molar-refractivity contribution < 1.29 is 24.0 Å². The minimum atomic E-state index is -2.01. The minimum absolute atomic E-state index is 0.0388. The highest BCUT2D eigenvalue weighted by atomic mass is 28.4. The molecule has 0 heterocycles. The van der Waals surface area contributed by atoms with E-state index in [1.54, 1.807) is 19.1 Å². The molecular weight excluding hydrogens is 390 g/mol. The topological polar surface area (TPSA) is 95.7 Å². The van der Waals surface area contributed by atoms with Gasteiger partial charge in [-0.25, -0.2) is 4.89 Å². The van der Waals surface area contributed by atoms with E-state index in [2.05, 4.69) is 20.8 Å². The fraction of sp³-hybridized carbons (Fsp3) is 0.619. The second kappa shape index (κ2) is 9.73. The molecule has 0 N–H and O–H groups in total. The number of hydrogen-bond donors (Lipinski definition) is 0. The van der Waals surface area contributed by atoms with Crippen molar-refractivity contribution in [1.29, 1.82) is 0 Å². The van der Waals surface area contributed by atoms with Crippen molar-refractivity contribution in [2.45, 2.75) is 83.0 Å². The lowest BCUT2D eigenvalue weighted by molar-refractivity contribution is -0.386. The molecule has 0 aromatic heterocycles. The van der Waals surface area contributed by atoms with E-state index in [0.29, 0.717) is 6.42 Å². The summed E-state index contributed by atoms with van der Waals surface area (Å²) in [6, 6.07) is 8.75. The average molecular weight is 422 g/mol. The van der Waals surface area contributed by atoms with Gasteiger partial charge in [-0.05, 0) is 31.5 Å². The van der Waals surface area contributed by atoms with Gasteiger partial charge in [-0.15, -0.1) is 0 Å². The first kappa shape index (κ1) is 23.4. The Hall–Kier alpha value is -1.90. The van der Waals surface area contributed by atoms with Gasteiger partial charge in [0, 0.05) is 25.3 Å². The third kappa shape index (κ3) is 4.65. The molecule has 0 aliphatic heterocycles. The number of ketones is 2. The fourth-order valence-corrected chi connectivity index (χ4v) is 6.42. The molecule has 0 saturated heterocycles. The van der Waals surface area contributed by atoms with Gasteiger partial charge in [-0.3, -0.25) is 24.3 Å². The number of nitro benzene ring substituents is 1. The van der Waals surface area contributed by atoms with Gasteiger partial charge >= 0.3 is 0 Å². The van der Waals surface area contributed by atoms with Gasteiger partial charge in [0.05, 0.1) is 16.6 Å². The monoisotopic (exact) mass is 421 g/mol. The average Bonchev–Trinajstić information content (AvgIpc) is 2.72. The van der Waals surface area contributed by atoms with Crippen LogP contribution in [0.25, 0.3) is 0 Å². The first-order valence-corrected chi connectivity index (χ1v) is 12.9. The van der Waals surface area contributed by atoms with E-state index in [9.17, 15) is 19.7 Å². The summed E-state index contributed by atoms with van der Waals surface area (Å²) >= 11 is 0. The molecule has 1 atom stereocenters. The standard InChI is InChI=1S/C21H31NO6Si/c1-5-29(6-2,7-3)28-27-16(4)15-21(19(23)13-10-14-20(21)24)17-11-8-9-12-18(17)22(25)26/h8-9,11-12,16H,5-7,10,13-15H2,1-4H3. The van der Waals surface area contributed by atoms with Crippen molar-refractivity contribution in [3.63, 3.8) is 0 Å². The van der Waals surface area contributed by atoms with Gasteiger partial charge in [-0.1, -0.05) is 39.0 Å². The molecule has 1 aromatic carbocycles. The van der Waals surface area contributed by atoms with Crippen molar-refractivity contribution in [3.05, 3.63) is 39.9 Å². The second-order valence-corrected chi connectivity index (χ2v) is 12.5. The molecule has 2 rings (SSSR count). The normalized spacial score (nSPS) is 17.9. The van der Waals surface area contributed by atoms with Crippen LogP contribution in [0.2, 0.25) is 18.1 Å². The summed E-state index contributed by atoms with van der Waals surface area (Å²) in [5.41, 5.74) is -1.59. The maximum atomic E-state index is 13.1. The lowest BCUT2D eigenvalue weighted by atomic mass is 9.64. The quantitative estimate of drug-likeness (QED) is 0.175. The van der Waals surface area contributed by atoms with Crippen LogP contribution in [0.4, 0.5) is 5.69 Å². The van der Waals surface area contributed by atoms with Crippen molar-refractivity contribution in [2.24, 2.45) is 0 Å². The molecule has 0 spiro atoms. The van der Waals surface area contributed by atoms with Gasteiger partial charge in [0.15, 0.2) is 11.6 Å². The zero-order valence-corrected chi connectivity index (χ0v) is 18.7. The smallest absolute Gasteiger partial charge is 0.274 e. The zero-order valence-electron chi connectivity index (χ0n) is 17.7. The first-order valence-electron chi connectivity index (χ1n) is 10.4. The summed E-state index contributed by atoms with van der Waals surface area (Å²) in [4.78, 5) is 42.9. The Morgan fingerprint density at radius 2 is 1.66 bits per heavy atom. The Bertz CT molecular complexity index is 737. The highest BCUT2D eigenvalue weighted by Crippen LogP contribution is 2.42. The highest BCUT2D eigenvalue weighted by Gasteiger charge is 2.52. The number of hydrogen-bond acceptors (Lipinski definition) is 6. The number of carbonyl (C=O) groups is 2. The molecule has 29 heavy (non-hydrogen) atoms. The molecule has 0 amide bonds. The molecule has 1 fully saturated rings. The molecule has 1 saturated carbocycles. The molecule has 1 unspecified atom stereocenters. The summed E-state index contributed by atoms with van der Waals surface area (Å²) in [5.74, 6) is -0.549. The molecule has 160 valence electrons. The molecular formula is C21H31NO6Si. The predicted octanol–water partition coefficient (Wildman–Crippen LogP) is 4.89. The molecule has 0 bridgehead atoms. The van der Waals surface area contributed by atoms with E-state index in [1.165, 1.54) is 12.1 Å². The third-order valence-electron chi connectivity index (χ3n) is 6.24. The number of carbonyl (C=O) groups excluding carboxylic acids is 2. The van der Waals surface area contributed by atoms with Gasteiger partial charge in [0.25, 0.3) is 5.69 Å². The maximum Gasteiger partial charge on any atom is 0.274 e. The van der Waals surface area contributed by atoms with Crippen molar-refractivity contribution in [2.75, 3.05) is 0 Å². The van der Waals surface area contributed by atoms with Gasteiger partial charge in [-0.2, -0.15) is 0 Å². The van der Waals surface area contributed by atoms with Gasteiger partial charge in [0.2, 0.25) is 8.32 Å². The summed E-state index contributed by atoms with van der Waals surface area (Å²) in [6.07, 6.45) is 0.407. The summed E-state index contributed by atoms with van der Waals surface area (Å²) in [6.45, 7) is 7.99. The summed E-state index contributed by atoms with van der Waals surface area (Å²) in [7, 11) is -2.01. The predicted molar refractivity (Wildman–Crippen MR) is 112 cm³/mol. The van der Waals surface area contributed by atoms with E-state index in [-0.39, 0.29) is 42.1 Å². The number of nitrogens with zero attached hydrogens (tertiary/aromatic N) is 1. The second-order valence-electron chi connectivity index (χ2n) is 7.82. The number of benzene rings is 1. The van der Waals surface area contributed by atoms with Crippen LogP contribution in [0, 0.1) is 10.1 Å². The Balaban J connectivity index is 2.40. The molecule has 1 aromatic rings. The van der Waals surface area contributed by atoms with Crippen LogP contribution in [0.1, 0.15) is 58.9 Å². The van der Waals surface area contributed by atoms with Crippen LogP contribution in [0.5, 0.6) is 0 Å². The van der Waals surface area contributed by atoms with E-state index < -0.39 is 24.8 Å². The van der Waals surface area contributed by atoms with Crippen LogP contribution in [0.15, 0.2) is 24.3 Å². The largest absolute Gasteiger partial charge is 0.298 e. The lowest BCUT2D eigenvalue weighted by Crippen LogP contribution is -2.49. The molecule has 7 nitrogen and oxygen atoms in total. The van der Waals surface area contributed by atoms with Gasteiger partial charge < -0.3 is 0 Å². The van der Waals surface area contributed by atoms with Crippen LogP contribution >= 0.6 is 0 Å². The highest BCUT2D eigenvalue weighted by molar-refractivity contribution is 6.73. The van der Waals surface area contributed by atoms with Crippen molar-refractivity contribution >= 4 is 25.6 Å². The number of para-hydroxylation sites is 1. The summed E-state index contributed by atoms with van der Waals surface area (Å²) in [5, 5.41) is 11.6. The lowest BCUT2D eigenvalue weighted by Gasteiger charge is -2.36. The fourth-order valence-electron chi connectivity index (χ4n) is 4.20. The molecule has 8 heteroatoms. The van der Waals surface area contributed by atoms with Crippen LogP contribution in [0.3, 0.4) is 0 Å².